The van der Waals surface area contributed by atoms with Crippen molar-refractivity contribution in [3.63, 3.8) is 0 Å². The van der Waals surface area contributed by atoms with E-state index in [1.54, 1.807) is 13.0 Å². The van der Waals surface area contributed by atoms with Gasteiger partial charge in [0.1, 0.15) is 5.82 Å². The number of rotatable bonds is 2. The minimum absolute atomic E-state index is 0. The summed E-state index contributed by atoms with van der Waals surface area (Å²) in [6, 6.07) is 2.09. The molecule has 0 saturated carbocycles. The van der Waals surface area contributed by atoms with E-state index in [0.29, 0.717) is 5.02 Å². The third-order valence-electron chi connectivity index (χ3n) is 2.17. The maximum absolute atomic E-state index is 13.4. The molecular formula is C10H14Cl2FNO. The van der Waals surface area contributed by atoms with E-state index >= 15 is 0 Å². The monoisotopic (exact) mass is 253 g/mol. The Bertz CT molecular complexity index is 344. The zero-order chi connectivity index (χ0) is 10.9. The summed E-state index contributed by atoms with van der Waals surface area (Å²) in [7, 11) is 0. The minimum atomic E-state index is -0.830. The Balaban J connectivity index is 0.00000196. The summed E-state index contributed by atoms with van der Waals surface area (Å²) >= 11 is 5.91. The summed E-state index contributed by atoms with van der Waals surface area (Å²) in [4.78, 5) is 0. The molecule has 0 saturated heterocycles. The molecule has 0 heterocycles. The zero-order valence-electron chi connectivity index (χ0n) is 8.50. The average Bonchev–Trinajstić information content (AvgIpc) is 2.12. The number of benzene rings is 1. The predicted molar refractivity (Wildman–Crippen MR) is 62.0 cm³/mol. The molecule has 0 aliphatic carbocycles. The van der Waals surface area contributed by atoms with Gasteiger partial charge in [-0.15, -0.1) is 12.4 Å². The van der Waals surface area contributed by atoms with Gasteiger partial charge >= 0.3 is 0 Å². The van der Waals surface area contributed by atoms with E-state index < -0.39 is 18.0 Å². The largest absolute Gasteiger partial charge is 0.391 e. The van der Waals surface area contributed by atoms with Gasteiger partial charge in [-0.3, -0.25) is 0 Å². The van der Waals surface area contributed by atoms with Crippen molar-refractivity contribution in [3.8, 4) is 0 Å². The molecule has 0 amide bonds. The lowest BCUT2D eigenvalue weighted by Gasteiger charge is -2.18. The first-order valence-electron chi connectivity index (χ1n) is 4.33. The fourth-order valence-electron chi connectivity index (χ4n) is 1.23. The molecule has 3 N–H and O–H groups in total. The molecule has 86 valence electrons. The number of aliphatic hydroxyl groups excluding tert-OH is 1. The van der Waals surface area contributed by atoms with Crippen LogP contribution in [0.15, 0.2) is 12.1 Å². The number of halogens is 3. The standard InChI is InChI=1S/C10H13ClFNO.ClH/c1-5-3-4-7(12)8(9(5)11)10(13)6(2)14;/h3-4,6,10,14H,13H2,1-2H3;1H/t6-,10-;/m0./s1. The van der Waals surface area contributed by atoms with Crippen molar-refractivity contribution in [2.24, 2.45) is 5.73 Å². The maximum atomic E-state index is 13.4. The highest BCUT2D eigenvalue weighted by atomic mass is 35.5. The molecule has 2 atom stereocenters. The van der Waals surface area contributed by atoms with Crippen LogP contribution in [0.1, 0.15) is 24.1 Å². The smallest absolute Gasteiger partial charge is 0.129 e. The van der Waals surface area contributed by atoms with E-state index in [2.05, 4.69) is 0 Å². The lowest BCUT2D eigenvalue weighted by molar-refractivity contribution is 0.162. The first-order chi connectivity index (χ1) is 6.45. The lowest BCUT2D eigenvalue weighted by atomic mass is 10.0. The summed E-state index contributed by atoms with van der Waals surface area (Å²) in [5.74, 6) is -0.478. The second-order valence-electron chi connectivity index (χ2n) is 3.36. The molecule has 0 spiro atoms. The Kier molecular flexibility index (Phi) is 5.53. The highest BCUT2D eigenvalue weighted by Gasteiger charge is 2.20. The Hall–Kier alpha value is -0.350. The Morgan fingerprint density at radius 3 is 2.47 bits per heavy atom. The van der Waals surface area contributed by atoms with Gasteiger partial charge in [-0.05, 0) is 25.5 Å². The van der Waals surface area contributed by atoms with Gasteiger partial charge in [0.25, 0.3) is 0 Å². The van der Waals surface area contributed by atoms with E-state index in [9.17, 15) is 9.50 Å². The van der Waals surface area contributed by atoms with Gasteiger partial charge in [-0.2, -0.15) is 0 Å². The molecule has 1 aromatic carbocycles. The molecule has 0 aliphatic heterocycles. The quantitative estimate of drug-likeness (QED) is 0.852. The normalized spacial score (nSPS) is 14.3. The Morgan fingerprint density at radius 1 is 1.47 bits per heavy atom. The predicted octanol–water partition coefficient (Wildman–Crippen LogP) is 2.59. The summed E-state index contributed by atoms with van der Waals surface area (Å²) in [5.41, 5.74) is 6.57. The molecule has 2 nitrogen and oxygen atoms in total. The van der Waals surface area contributed by atoms with E-state index in [-0.39, 0.29) is 18.0 Å². The van der Waals surface area contributed by atoms with Gasteiger partial charge in [0.05, 0.1) is 17.2 Å². The van der Waals surface area contributed by atoms with Crippen LogP contribution in [-0.2, 0) is 0 Å². The van der Waals surface area contributed by atoms with Crippen molar-refractivity contribution in [2.45, 2.75) is 26.0 Å². The molecule has 0 aromatic heterocycles. The molecule has 15 heavy (non-hydrogen) atoms. The van der Waals surface area contributed by atoms with Crippen LogP contribution < -0.4 is 5.73 Å². The number of hydrogen-bond donors (Lipinski definition) is 2. The van der Waals surface area contributed by atoms with Gasteiger partial charge in [-0.25, -0.2) is 4.39 Å². The van der Waals surface area contributed by atoms with E-state index in [1.165, 1.54) is 13.0 Å². The van der Waals surface area contributed by atoms with Crippen LogP contribution >= 0.6 is 24.0 Å². The second-order valence-corrected chi connectivity index (χ2v) is 3.74. The zero-order valence-corrected chi connectivity index (χ0v) is 10.1. The van der Waals surface area contributed by atoms with Crippen molar-refractivity contribution in [3.05, 3.63) is 34.1 Å². The SMILES string of the molecule is Cc1ccc(F)c([C@@H](N)[C@H](C)O)c1Cl.Cl. The second kappa shape index (κ2) is 5.66. The Labute approximate surface area is 99.6 Å². The summed E-state index contributed by atoms with van der Waals surface area (Å²) < 4.78 is 13.4. The average molecular weight is 254 g/mol. The Morgan fingerprint density at radius 2 is 2.00 bits per heavy atom. The fourth-order valence-corrected chi connectivity index (χ4v) is 1.50. The van der Waals surface area contributed by atoms with E-state index in [0.717, 1.165) is 5.56 Å². The van der Waals surface area contributed by atoms with Crippen molar-refractivity contribution in [2.75, 3.05) is 0 Å². The molecule has 5 heteroatoms. The first kappa shape index (κ1) is 14.6. The number of hydrogen-bond acceptors (Lipinski definition) is 2. The fraction of sp³-hybridized carbons (Fsp3) is 0.400. The number of nitrogens with two attached hydrogens (primary N) is 1. The van der Waals surface area contributed by atoms with Crippen LogP contribution in [0, 0.1) is 12.7 Å². The maximum Gasteiger partial charge on any atom is 0.129 e. The molecular weight excluding hydrogens is 240 g/mol. The van der Waals surface area contributed by atoms with Crippen LogP contribution in [0.5, 0.6) is 0 Å². The van der Waals surface area contributed by atoms with Crippen molar-refractivity contribution < 1.29 is 9.50 Å². The molecule has 0 fully saturated rings. The van der Waals surface area contributed by atoms with Gasteiger partial charge in [0.15, 0.2) is 0 Å². The molecule has 0 unspecified atom stereocenters. The first-order valence-corrected chi connectivity index (χ1v) is 4.71. The van der Waals surface area contributed by atoms with Crippen molar-refractivity contribution in [1.29, 1.82) is 0 Å². The molecule has 0 radical (unpaired) electrons. The van der Waals surface area contributed by atoms with Gasteiger partial charge in [0.2, 0.25) is 0 Å². The van der Waals surface area contributed by atoms with Crippen LogP contribution in [0.2, 0.25) is 5.02 Å². The minimum Gasteiger partial charge on any atom is -0.391 e. The van der Waals surface area contributed by atoms with Gasteiger partial charge in [-0.1, -0.05) is 17.7 Å². The van der Waals surface area contributed by atoms with Gasteiger partial charge < -0.3 is 10.8 Å². The summed E-state index contributed by atoms with van der Waals surface area (Å²) in [6.07, 6.45) is -0.830. The van der Waals surface area contributed by atoms with Crippen molar-refractivity contribution in [1.82, 2.24) is 0 Å². The third kappa shape index (κ3) is 3.05. The van der Waals surface area contributed by atoms with Crippen LogP contribution in [0.4, 0.5) is 4.39 Å². The molecule has 0 aliphatic rings. The third-order valence-corrected chi connectivity index (χ3v) is 2.67. The topological polar surface area (TPSA) is 46.2 Å². The summed E-state index contributed by atoms with van der Waals surface area (Å²) in [5, 5.41) is 9.55. The number of aryl methyl sites for hydroxylation is 1. The highest BCUT2D eigenvalue weighted by Crippen LogP contribution is 2.29. The molecule has 0 bridgehead atoms. The van der Waals surface area contributed by atoms with Crippen molar-refractivity contribution >= 4 is 24.0 Å². The van der Waals surface area contributed by atoms with E-state index in [4.69, 9.17) is 17.3 Å². The molecule has 1 aromatic rings. The summed E-state index contributed by atoms with van der Waals surface area (Å²) in [6.45, 7) is 3.27. The lowest BCUT2D eigenvalue weighted by Crippen LogP contribution is -2.24. The van der Waals surface area contributed by atoms with Crippen LogP contribution in [-0.4, -0.2) is 11.2 Å². The van der Waals surface area contributed by atoms with Crippen LogP contribution in [0.3, 0.4) is 0 Å². The molecule has 1 rings (SSSR count). The number of aliphatic hydroxyl groups is 1. The highest BCUT2D eigenvalue weighted by molar-refractivity contribution is 6.32. The van der Waals surface area contributed by atoms with E-state index in [1.807, 2.05) is 0 Å². The van der Waals surface area contributed by atoms with Crippen LogP contribution in [0.25, 0.3) is 0 Å². The van der Waals surface area contributed by atoms with Gasteiger partial charge in [0, 0.05) is 5.56 Å².